The predicted molar refractivity (Wildman–Crippen MR) is 90.4 cm³/mol. The first-order chi connectivity index (χ1) is 11.6. The van der Waals surface area contributed by atoms with E-state index in [9.17, 15) is 8.42 Å². The van der Waals surface area contributed by atoms with Crippen LogP contribution >= 0.6 is 0 Å². The van der Waals surface area contributed by atoms with Crippen LogP contribution in [0.1, 0.15) is 0 Å². The van der Waals surface area contributed by atoms with E-state index in [2.05, 4.69) is 4.72 Å². The lowest BCUT2D eigenvalue weighted by Gasteiger charge is -2.08. The normalized spacial score (nSPS) is 11.7. The minimum absolute atomic E-state index is 0.175. The lowest BCUT2D eigenvalue weighted by Crippen LogP contribution is -2.27. The first-order valence-corrected chi connectivity index (χ1v) is 9.12. The van der Waals surface area contributed by atoms with Crippen molar-refractivity contribution in [3.63, 3.8) is 0 Å². The van der Waals surface area contributed by atoms with Gasteiger partial charge in [0.15, 0.2) is 0 Å². The Balaban J connectivity index is 2.01. The van der Waals surface area contributed by atoms with E-state index >= 15 is 0 Å². The predicted octanol–water partition coefficient (Wildman–Crippen LogP) is 0.243. The third kappa shape index (κ3) is 9.16. The van der Waals surface area contributed by atoms with Gasteiger partial charge in [0.25, 0.3) is 0 Å². The topological polar surface area (TPSA) is 109 Å². The largest absolute Gasteiger partial charge is 0.399 e. The first-order valence-electron chi connectivity index (χ1n) is 7.63. The Hall–Kier alpha value is -1.23. The number of benzene rings is 1. The van der Waals surface area contributed by atoms with Crippen LogP contribution in [0.25, 0.3) is 0 Å². The molecule has 0 unspecified atom stereocenters. The van der Waals surface area contributed by atoms with Crippen LogP contribution in [-0.4, -0.2) is 68.3 Å². The third-order valence-corrected chi connectivity index (χ3v) is 4.38. The summed E-state index contributed by atoms with van der Waals surface area (Å²) in [6, 6.07) is 6.00. The van der Waals surface area contributed by atoms with Gasteiger partial charge in [0, 0.05) is 19.3 Å². The summed E-state index contributed by atoms with van der Waals surface area (Å²) in [7, 11) is -1.92. The van der Waals surface area contributed by atoms with Gasteiger partial charge in [-0.3, -0.25) is 0 Å². The monoisotopic (exact) mass is 362 g/mol. The zero-order valence-electron chi connectivity index (χ0n) is 13.9. The molecule has 0 bridgehead atoms. The second kappa shape index (κ2) is 12.2. The molecule has 8 nitrogen and oxygen atoms in total. The average Bonchev–Trinajstić information content (AvgIpc) is 2.56. The van der Waals surface area contributed by atoms with Gasteiger partial charge < -0.3 is 24.7 Å². The molecule has 1 aromatic rings. The number of methoxy groups -OCH3 is 1. The maximum absolute atomic E-state index is 12.0. The number of nitrogens with two attached hydrogens (primary N) is 1. The number of ether oxygens (including phenoxy) is 4. The van der Waals surface area contributed by atoms with Gasteiger partial charge in [-0.25, -0.2) is 13.1 Å². The highest BCUT2D eigenvalue weighted by Crippen LogP contribution is 2.10. The molecule has 0 aromatic heterocycles. The average molecular weight is 362 g/mol. The summed E-state index contributed by atoms with van der Waals surface area (Å²) in [5, 5.41) is 0. The fraction of sp³-hybridized carbons (Fsp3) is 0.600. The van der Waals surface area contributed by atoms with Gasteiger partial charge in [0.1, 0.15) is 0 Å². The zero-order valence-corrected chi connectivity index (χ0v) is 14.7. The Morgan fingerprint density at radius 1 is 0.875 bits per heavy atom. The molecule has 3 N–H and O–H groups in total. The maximum atomic E-state index is 12.0. The van der Waals surface area contributed by atoms with E-state index in [1.54, 1.807) is 19.2 Å². The lowest BCUT2D eigenvalue weighted by molar-refractivity contribution is 0.00445. The van der Waals surface area contributed by atoms with Crippen molar-refractivity contribution in [2.24, 2.45) is 0 Å². The Kier molecular flexibility index (Phi) is 10.6. The Labute approximate surface area is 143 Å². The van der Waals surface area contributed by atoms with Crippen molar-refractivity contribution in [2.75, 3.05) is 65.6 Å². The molecule has 0 aliphatic heterocycles. The van der Waals surface area contributed by atoms with E-state index < -0.39 is 10.0 Å². The summed E-state index contributed by atoms with van der Waals surface area (Å²) < 4.78 is 47.1. The summed E-state index contributed by atoms with van der Waals surface area (Å²) in [5.41, 5.74) is 6.04. The number of nitrogen functional groups attached to an aromatic ring is 1. The lowest BCUT2D eigenvalue weighted by atomic mass is 10.3. The molecule has 0 atom stereocenters. The number of anilines is 1. The Morgan fingerprint density at radius 3 is 1.92 bits per heavy atom. The van der Waals surface area contributed by atoms with Crippen molar-refractivity contribution in [2.45, 2.75) is 4.90 Å². The summed E-state index contributed by atoms with van der Waals surface area (Å²) in [6.45, 7) is 3.37. The second-order valence-electron chi connectivity index (χ2n) is 4.80. The molecule has 0 aliphatic carbocycles. The summed E-state index contributed by atoms with van der Waals surface area (Å²) in [5.74, 6) is 0. The molecule has 1 rings (SSSR count). The number of hydrogen-bond acceptors (Lipinski definition) is 7. The molecule has 9 heteroatoms. The molecular weight excluding hydrogens is 336 g/mol. The fourth-order valence-corrected chi connectivity index (χ4v) is 2.68. The van der Waals surface area contributed by atoms with E-state index in [0.29, 0.717) is 45.3 Å². The standard InChI is InChI=1S/C15H26N2O6S/c1-20-8-9-22-12-13-23-11-10-21-7-6-17-24(18,19)15-4-2-14(16)3-5-15/h2-5,17H,6-13,16H2,1H3. The highest BCUT2D eigenvalue weighted by Gasteiger charge is 2.12. The van der Waals surface area contributed by atoms with Crippen LogP contribution in [0, 0.1) is 0 Å². The van der Waals surface area contributed by atoms with Gasteiger partial charge >= 0.3 is 0 Å². The second-order valence-corrected chi connectivity index (χ2v) is 6.56. The van der Waals surface area contributed by atoms with Crippen LogP contribution < -0.4 is 10.5 Å². The first kappa shape index (κ1) is 20.8. The van der Waals surface area contributed by atoms with Gasteiger partial charge in [-0.05, 0) is 24.3 Å². The fourth-order valence-electron chi connectivity index (χ4n) is 1.66. The van der Waals surface area contributed by atoms with Crippen molar-refractivity contribution < 1.29 is 27.4 Å². The summed E-state index contributed by atoms with van der Waals surface area (Å²) >= 11 is 0. The van der Waals surface area contributed by atoms with Crippen LogP contribution in [0.2, 0.25) is 0 Å². The number of sulfonamides is 1. The van der Waals surface area contributed by atoms with E-state index in [4.69, 9.17) is 24.7 Å². The quantitative estimate of drug-likeness (QED) is 0.360. The number of hydrogen-bond donors (Lipinski definition) is 2. The molecule has 0 amide bonds. The van der Waals surface area contributed by atoms with Crippen molar-refractivity contribution in [1.29, 1.82) is 0 Å². The van der Waals surface area contributed by atoms with Crippen molar-refractivity contribution in [1.82, 2.24) is 4.72 Å². The van der Waals surface area contributed by atoms with Gasteiger partial charge in [-0.15, -0.1) is 0 Å². The van der Waals surface area contributed by atoms with Crippen LogP contribution in [0.15, 0.2) is 29.2 Å². The molecule has 1 aromatic carbocycles. The third-order valence-electron chi connectivity index (χ3n) is 2.90. The van der Waals surface area contributed by atoms with Crippen LogP contribution in [0.3, 0.4) is 0 Å². The van der Waals surface area contributed by atoms with Gasteiger partial charge in [-0.1, -0.05) is 0 Å². The molecule has 24 heavy (non-hydrogen) atoms. The number of nitrogens with one attached hydrogen (secondary N) is 1. The molecule has 0 spiro atoms. The molecule has 0 fully saturated rings. The van der Waals surface area contributed by atoms with E-state index in [1.165, 1.54) is 12.1 Å². The Morgan fingerprint density at radius 2 is 1.38 bits per heavy atom. The molecule has 0 saturated carbocycles. The number of rotatable bonds is 14. The SMILES string of the molecule is COCCOCCOCCOCCNS(=O)(=O)c1ccc(N)cc1. The van der Waals surface area contributed by atoms with Crippen molar-refractivity contribution in [3.8, 4) is 0 Å². The van der Waals surface area contributed by atoms with Gasteiger partial charge in [0.05, 0.1) is 51.1 Å². The highest BCUT2D eigenvalue weighted by atomic mass is 32.2. The maximum Gasteiger partial charge on any atom is 0.240 e. The molecule has 0 heterocycles. The molecule has 0 aliphatic rings. The highest BCUT2D eigenvalue weighted by molar-refractivity contribution is 7.89. The summed E-state index contributed by atoms with van der Waals surface area (Å²) in [6.07, 6.45) is 0. The van der Waals surface area contributed by atoms with Crippen molar-refractivity contribution >= 4 is 15.7 Å². The molecule has 0 saturated heterocycles. The van der Waals surface area contributed by atoms with E-state index in [-0.39, 0.29) is 18.0 Å². The zero-order chi connectivity index (χ0) is 17.7. The molecule has 0 radical (unpaired) electrons. The minimum atomic E-state index is -3.53. The smallest absolute Gasteiger partial charge is 0.240 e. The van der Waals surface area contributed by atoms with E-state index in [1.807, 2.05) is 0 Å². The molecular formula is C15H26N2O6S. The molecule has 138 valence electrons. The van der Waals surface area contributed by atoms with Crippen molar-refractivity contribution in [3.05, 3.63) is 24.3 Å². The minimum Gasteiger partial charge on any atom is -0.399 e. The van der Waals surface area contributed by atoms with Gasteiger partial charge in [-0.2, -0.15) is 0 Å². The van der Waals surface area contributed by atoms with Gasteiger partial charge in [0.2, 0.25) is 10.0 Å². The Bertz CT molecular complexity index is 535. The summed E-state index contributed by atoms with van der Waals surface area (Å²) in [4.78, 5) is 0.175. The van der Waals surface area contributed by atoms with Crippen LogP contribution in [-0.2, 0) is 29.0 Å². The van der Waals surface area contributed by atoms with E-state index in [0.717, 1.165) is 0 Å². The van der Waals surface area contributed by atoms with Crippen LogP contribution in [0.4, 0.5) is 5.69 Å². The van der Waals surface area contributed by atoms with Crippen LogP contribution in [0.5, 0.6) is 0 Å².